The van der Waals surface area contributed by atoms with E-state index < -0.39 is 0 Å². The third-order valence-electron chi connectivity index (χ3n) is 1.88. The van der Waals surface area contributed by atoms with Gasteiger partial charge in [0.25, 0.3) is 0 Å². The van der Waals surface area contributed by atoms with Crippen molar-refractivity contribution in [1.82, 2.24) is 5.32 Å². The highest BCUT2D eigenvalue weighted by molar-refractivity contribution is 5.76. The van der Waals surface area contributed by atoms with Crippen molar-refractivity contribution >= 4 is 5.91 Å². The van der Waals surface area contributed by atoms with Crippen molar-refractivity contribution in [1.29, 1.82) is 0 Å². The van der Waals surface area contributed by atoms with Crippen molar-refractivity contribution in [3.8, 4) is 0 Å². The number of carbonyl (C=O) groups is 1. The molecule has 0 aliphatic heterocycles. The zero-order chi connectivity index (χ0) is 13.8. The Morgan fingerprint density at radius 1 is 1.25 bits per heavy atom. The van der Waals surface area contributed by atoms with Gasteiger partial charge < -0.3 is 11.1 Å². The predicted octanol–water partition coefficient (Wildman–Crippen LogP) is 2.80. The molecule has 0 atom stereocenters. The van der Waals surface area contributed by atoms with E-state index in [1.165, 1.54) is 7.05 Å². The first-order valence-electron chi connectivity index (χ1n) is 6.16. The van der Waals surface area contributed by atoms with Crippen LogP contribution in [0.4, 0.5) is 0 Å². The highest BCUT2D eigenvalue weighted by Gasteiger charge is 2.22. The van der Waals surface area contributed by atoms with E-state index in [0.717, 1.165) is 6.42 Å². The van der Waals surface area contributed by atoms with Gasteiger partial charge in [0.1, 0.15) is 0 Å². The normalized spacial score (nSPS) is 9.62. The Hall–Kier alpha value is -0.570. The lowest BCUT2D eigenvalue weighted by atomic mass is 9.81. The highest BCUT2D eigenvalue weighted by atomic mass is 16.1. The molecule has 3 heteroatoms. The molecule has 0 rings (SSSR count). The SMILES string of the molecule is CC.CN.CNC(=O)CC(C)(C)CC(C)C. The van der Waals surface area contributed by atoms with Crippen molar-refractivity contribution in [3.05, 3.63) is 0 Å². The molecule has 0 aliphatic carbocycles. The zero-order valence-corrected chi connectivity index (χ0v) is 12.5. The van der Waals surface area contributed by atoms with Gasteiger partial charge in [-0.1, -0.05) is 41.5 Å². The van der Waals surface area contributed by atoms with Gasteiger partial charge in [-0.3, -0.25) is 4.79 Å². The minimum Gasteiger partial charge on any atom is -0.359 e. The molecule has 0 aromatic carbocycles. The van der Waals surface area contributed by atoms with Crippen LogP contribution in [0.1, 0.15) is 54.4 Å². The third kappa shape index (κ3) is 15.9. The van der Waals surface area contributed by atoms with E-state index in [9.17, 15) is 4.79 Å². The first-order chi connectivity index (χ1) is 7.37. The van der Waals surface area contributed by atoms with Crippen LogP contribution in [0.15, 0.2) is 0 Å². The molecule has 0 unspecified atom stereocenters. The van der Waals surface area contributed by atoms with Crippen molar-refractivity contribution in [2.45, 2.75) is 54.4 Å². The molecule has 100 valence electrons. The molecule has 0 bridgehead atoms. The largest absolute Gasteiger partial charge is 0.359 e. The smallest absolute Gasteiger partial charge is 0.220 e. The lowest BCUT2D eigenvalue weighted by molar-refractivity contribution is -0.122. The van der Waals surface area contributed by atoms with Gasteiger partial charge in [0.05, 0.1) is 0 Å². The Kier molecular flexibility index (Phi) is 16.2. The predicted molar refractivity (Wildman–Crippen MR) is 73.4 cm³/mol. The van der Waals surface area contributed by atoms with Gasteiger partial charge in [0.15, 0.2) is 0 Å². The molecule has 0 heterocycles. The van der Waals surface area contributed by atoms with E-state index in [2.05, 4.69) is 38.7 Å². The van der Waals surface area contributed by atoms with Crippen LogP contribution < -0.4 is 11.1 Å². The number of nitrogens with two attached hydrogens (primary N) is 1. The Morgan fingerprint density at radius 2 is 1.62 bits per heavy atom. The van der Waals surface area contributed by atoms with Gasteiger partial charge in [0, 0.05) is 13.5 Å². The summed E-state index contributed by atoms with van der Waals surface area (Å²) in [6.07, 6.45) is 1.72. The second-order valence-corrected chi connectivity index (χ2v) is 4.61. The molecular weight excluding hydrogens is 200 g/mol. The van der Waals surface area contributed by atoms with Crippen molar-refractivity contribution in [2.75, 3.05) is 14.1 Å². The molecule has 1 amide bonds. The summed E-state index contributed by atoms with van der Waals surface area (Å²) in [5, 5.41) is 2.66. The molecule has 0 aromatic rings. The summed E-state index contributed by atoms with van der Waals surface area (Å²) in [7, 11) is 3.19. The molecule has 0 aliphatic rings. The van der Waals surface area contributed by atoms with E-state index >= 15 is 0 Å². The standard InChI is InChI=1S/C10H21NO.C2H6.CH5N/c1-8(2)6-10(3,4)7-9(12)11-5;2*1-2/h8H,6-7H2,1-5H3,(H,11,12);1-2H3;2H2,1H3. The van der Waals surface area contributed by atoms with Gasteiger partial charge in [-0.2, -0.15) is 0 Å². The maximum Gasteiger partial charge on any atom is 0.220 e. The van der Waals surface area contributed by atoms with Crippen LogP contribution in [0.25, 0.3) is 0 Å². The minimum absolute atomic E-state index is 0.133. The van der Waals surface area contributed by atoms with Crippen molar-refractivity contribution < 1.29 is 4.79 Å². The van der Waals surface area contributed by atoms with E-state index in [4.69, 9.17) is 0 Å². The third-order valence-corrected chi connectivity index (χ3v) is 1.88. The summed E-state index contributed by atoms with van der Waals surface area (Å²) in [4.78, 5) is 11.1. The van der Waals surface area contributed by atoms with E-state index in [1.807, 2.05) is 13.8 Å². The number of nitrogens with one attached hydrogen (secondary N) is 1. The summed E-state index contributed by atoms with van der Waals surface area (Å²) < 4.78 is 0. The molecular formula is C13H32N2O. The summed E-state index contributed by atoms with van der Waals surface area (Å²) in [6.45, 7) is 12.7. The topological polar surface area (TPSA) is 55.1 Å². The fourth-order valence-corrected chi connectivity index (χ4v) is 1.70. The number of rotatable bonds is 4. The van der Waals surface area contributed by atoms with Crippen molar-refractivity contribution in [2.24, 2.45) is 17.1 Å². The van der Waals surface area contributed by atoms with Crippen LogP contribution >= 0.6 is 0 Å². The first-order valence-corrected chi connectivity index (χ1v) is 6.16. The van der Waals surface area contributed by atoms with Crippen LogP contribution in [0.2, 0.25) is 0 Å². The molecule has 0 radical (unpaired) electrons. The molecule has 3 N–H and O–H groups in total. The minimum atomic E-state index is 0.133. The van der Waals surface area contributed by atoms with Crippen molar-refractivity contribution in [3.63, 3.8) is 0 Å². The van der Waals surface area contributed by atoms with Gasteiger partial charge >= 0.3 is 0 Å². The van der Waals surface area contributed by atoms with Gasteiger partial charge in [-0.05, 0) is 24.8 Å². The molecule has 0 fully saturated rings. The van der Waals surface area contributed by atoms with Crippen LogP contribution in [0, 0.1) is 11.3 Å². The Balaban J connectivity index is -0.000000376. The van der Waals surface area contributed by atoms with E-state index in [1.54, 1.807) is 7.05 Å². The maximum absolute atomic E-state index is 11.1. The summed E-state index contributed by atoms with van der Waals surface area (Å²) in [6, 6.07) is 0. The van der Waals surface area contributed by atoms with Crippen LogP contribution in [0.5, 0.6) is 0 Å². The molecule has 3 nitrogen and oxygen atoms in total. The summed E-state index contributed by atoms with van der Waals surface area (Å²) in [5.74, 6) is 0.797. The monoisotopic (exact) mass is 232 g/mol. The lowest BCUT2D eigenvalue weighted by Crippen LogP contribution is -2.26. The summed E-state index contributed by atoms with van der Waals surface area (Å²) >= 11 is 0. The Bertz CT molecular complexity index is 154. The Labute approximate surface area is 102 Å². The zero-order valence-electron chi connectivity index (χ0n) is 12.5. The number of hydrogen-bond donors (Lipinski definition) is 2. The maximum atomic E-state index is 11.1. The second kappa shape index (κ2) is 12.5. The first kappa shape index (κ1) is 20.8. The van der Waals surface area contributed by atoms with Crippen LogP contribution in [-0.4, -0.2) is 20.0 Å². The number of carbonyl (C=O) groups excluding carboxylic acids is 1. The lowest BCUT2D eigenvalue weighted by Gasteiger charge is -2.25. The van der Waals surface area contributed by atoms with Crippen LogP contribution in [-0.2, 0) is 4.79 Å². The average molecular weight is 232 g/mol. The Morgan fingerprint density at radius 3 is 1.88 bits per heavy atom. The average Bonchev–Trinajstić information content (AvgIpc) is 2.21. The molecule has 0 spiro atoms. The summed E-state index contributed by atoms with van der Waals surface area (Å²) in [5.41, 5.74) is 4.63. The fraction of sp³-hybridized carbons (Fsp3) is 0.923. The second-order valence-electron chi connectivity index (χ2n) is 4.61. The van der Waals surface area contributed by atoms with Gasteiger partial charge in [-0.15, -0.1) is 0 Å². The molecule has 0 saturated carbocycles. The molecule has 0 saturated heterocycles. The quantitative estimate of drug-likeness (QED) is 0.783. The van der Waals surface area contributed by atoms with E-state index in [0.29, 0.717) is 12.3 Å². The fourth-order valence-electron chi connectivity index (χ4n) is 1.70. The molecule has 0 aromatic heterocycles. The van der Waals surface area contributed by atoms with Gasteiger partial charge in [0.2, 0.25) is 5.91 Å². The van der Waals surface area contributed by atoms with Crippen LogP contribution in [0.3, 0.4) is 0 Å². The van der Waals surface area contributed by atoms with Gasteiger partial charge in [-0.25, -0.2) is 0 Å². The number of amides is 1. The highest BCUT2D eigenvalue weighted by Crippen LogP contribution is 2.28. The molecule has 16 heavy (non-hydrogen) atoms. The van der Waals surface area contributed by atoms with E-state index in [-0.39, 0.29) is 11.3 Å². The number of hydrogen-bond acceptors (Lipinski definition) is 2.